The van der Waals surface area contributed by atoms with Gasteiger partial charge in [-0.2, -0.15) is 11.8 Å². The molecule has 0 bridgehead atoms. The summed E-state index contributed by atoms with van der Waals surface area (Å²) in [6.45, 7) is 2.84. The number of aromatic amines is 1. The van der Waals surface area contributed by atoms with Crippen molar-refractivity contribution in [2.24, 2.45) is 0 Å². The summed E-state index contributed by atoms with van der Waals surface area (Å²) >= 11 is 1.92. The molecule has 0 atom stereocenters. The highest BCUT2D eigenvalue weighted by Crippen LogP contribution is 2.32. The summed E-state index contributed by atoms with van der Waals surface area (Å²) in [4.78, 5) is 12.1. The molecule has 0 unspecified atom stereocenters. The molecular weight excluding hydrogens is 358 g/mol. The van der Waals surface area contributed by atoms with Gasteiger partial charge in [-0.1, -0.05) is 6.92 Å². The molecule has 134 valence electrons. The van der Waals surface area contributed by atoms with E-state index in [1.54, 1.807) is 13.3 Å². The number of fused-ring (bicyclic) bond motifs is 1. The van der Waals surface area contributed by atoms with E-state index in [1.807, 2.05) is 42.1 Å². The first-order valence-electron chi connectivity index (χ1n) is 8.01. The van der Waals surface area contributed by atoms with Gasteiger partial charge in [0.2, 0.25) is 0 Å². The Bertz CT molecular complexity index is 777. The van der Waals surface area contributed by atoms with Crippen LogP contribution in [-0.4, -0.2) is 40.2 Å². The van der Waals surface area contributed by atoms with Gasteiger partial charge in [0.25, 0.3) is 0 Å². The van der Waals surface area contributed by atoms with Crippen LogP contribution in [0.2, 0.25) is 0 Å². The number of hydrogen-bond acceptors (Lipinski definition) is 5. The number of pyridine rings is 1. The third-order valence-electron chi connectivity index (χ3n) is 3.60. The molecule has 25 heavy (non-hydrogen) atoms. The Morgan fingerprint density at radius 3 is 2.88 bits per heavy atom. The van der Waals surface area contributed by atoms with Crippen LogP contribution in [0.15, 0.2) is 36.5 Å². The number of halogens is 1. The molecule has 0 aliphatic carbocycles. The number of nitrogens with one attached hydrogen (secondary N) is 1. The first-order chi connectivity index (χ1) is 11.8. The van der Waals surface area contributed by atoms with E-state index >= 15 is 0 Å². The third kappa shape index (κ3) is 4.80. The van der Waals surface area contributed by atoms with Gasteiger partial charge < -0.3 is 14.5 Å². The number of methoxy groups -OCH3 is 1. The zero-order chi connectivity index (χ0) is 16.8. The molecule has 0 saturated carbocycles. The van der Waals surface area contributed by atoms with Crippen LogP contribution in [0, 0.1) is 0 Å². The number of thioether (sulfide) groups is 1. The van der Waals surface area contributed by atoms with E-state index in [0.29, 0.717) is 12.3 Å². The Kier molecular flexibility index (Phi) is 7.40. The van der Waals surface area contributed by atoms with Crippen molar-refractivity contribution in [3.63, 3.8) is 0 Å². The van der Waals surface area contributed by atoms with Crippen LogP contribution in [0.3, 0.4) is 0 Å². The molecule has 1 aromatic carbocycles. The van der Waals surface area contributed by atoms with E-state index < -0.39 is 0 Å². The lowest BCUT2D eigenvalue weighted by atomic mass is 10.2. The minimum Gasteiger partial charge on any atom is -0.497 e. The van der Waals surface area contributed by atoms with Crippen LogP contribution >= 0.6 is 24.2 Å². The number of rotatable bonds is 8. The Morgan fingerprint density at radius 2 is 2.12 bits per heavy atom. The van der Waals surface area contributed by atoms with Gasteiger partial charge in [0.1, 0.15) is 17.3 Å². The summed E-state index contributed by atoms with van der Waals surface area (Å²) in [6, 6.07) is 9.64. The Hall–Kier alpha value is -1.92. The highest BCUT2D eigenvalue weighted by atomic mass is 35.5. The quantitative estimate of drug-likeness (QED) is 0.580. The smallest absolute Gasteiger partial charge is 0.178 e. The molecule has 1 N–H and O–H groups in total. The predicted molar refractivity (Wildman–Crippen MR) is 106 cm³/mol. The highest BCUT2D eigenvalue weighted by Gasteiger charge is 2.13. The number of ether oxygens (including phenoxy) is 2. The predicted octanol–water partition coefficient (Wildman–Crippen LogP) is 4.58. The van der Waals surface area contributed by atoms with Gasteiger partial charge in [-0.05, 0) is 42.2 Å². The van der Waals surface area contributed by atoms with E-state index in [2.05, 4.69) is 21.9 Å². The fraction of sp³-hybridized carbons (Fsp3) is 0.333. The lowest BCUT2D eigenvalue weighted by Crippen LogP contribution is -2.01. The summed E-state index contributed by atoms with van der Waals surface area (Å²) in [5, 5.41) is 0. The fourth-order valence-electron chi connectivity index (χ4n) is 2.40. The van der Waals surface area contributed by atoms with E-state index in [-0.39, 0.29) is 12.4 Å². The zero-order valence-electron chi connectivity index (χ0n) is 14.3. The second kappa shape index (κ2) is 9.53. The van der Waals surface area contributed by atoms with Crippen molar-refractivity contribution in [2.75, 3.05) is 25.2 Å². The summed E-state index contributed by atoms with van der Waals surface area (Å²) in [5.41, 5.74) is 2.53. The molecule has 0 aliphatic heterocycles. The van der Waals surface area contributed by atoms with Gasteiger partial charge in [0.05, 0.1) is 24.8 Å². The SMILES string of the molecule is CCSCCCOc1cc(OC)ccc1-c1nc2ncccc2[nH]1.Cl. The third-order valence-corrected chi connectivity index (χ3v) is 4.58. The van der Waals surface area contributed by atoms with Crippen molar-refractivity contribution in [1.82, 2.24) is 15.0 Å². The van der Waals surface area contributed by atoms with Crippen molar-refractivity contribution < 1.29 is 9.47 Å². The van der Waals surface area contributed by atoms with Crippen LogP contribution < -0.4 is 9.47 Å². The minimum atomic E-state index is 0. The topological polar surface area (TPSA) is 60.0 Å². The second-order valence-corrected chi connectivity index (χ2v) is 6.61. The Labute approximate surface area is 158 Å². The first kappa shape index (κ1) is 19.4. The number of aromatic nitrogens is 3. The maximum absolute atomic E-state index is 6.00. The van der Waals surface area contributed by atoms with Crippen LogP contribution in [0.4, 0.5) is 0 Å². The number of benzene rings is 1. The van der Waals surface area contributed by atoms with Gasteiger partial charge in [-0.25, -0.2) is 9.97 Å². The summed E-state index contributed by atoms with van der Waals surface area (Å²) in [7, 11) is 1.65. The molecule has 2 heterocycles. The van der Waals surface area contributed by atoms with Gasteiger partial charge in [0.15, 0.2) is 5.65 Å². The van der Waals surface area contributed by atoms with E-state index in [1.165, 1.54) is 0 Å². The number of nitrogens with zero attached hydrogens (tertiary/aromatic N) is 2. The van der Waals surface area contributed by atoms with Crippen LogP contribution in [0.1, 0.15) is 13.3 Å². The average molecular weight is 380 g/mol. The van der Waals surface area contributed by atoms with Gasteiger partial charge >= 0.3 is 0 Å². The molecular formula is C18H22ClN3O2S. The average Bonchev–Trinajstić information content (AvgIpc) is 3.05. The number of imidazole rings is 1. The van der Waals surface area contributed by atoms with Gasteiger partial charge in [-0.15, -0.1) is 12.4 Å². The monoisotopic (exact) mass is 379 g/mol. The molecule has 7 heteroatoms. The summed E-state index contributed by atoms with van der Waals surface area (Å²) in [5.74, 6) is 4.53. The second-order valence-electron chi connectivity index (χ2n) is 5.22. The molecule has 2 aromatic heterocycles. The molecule has 0 aliphatic rings. The number of H-pyrrole nitrogens is 1. The molecule has 0 amide bonds. The summed E-state index contributed by atoms with van der Waals surface area (Å²) in [6.07, 6.45) is 2.75. The number of hydrogen-bond donors (Lipinski definition) is 1. The lowest BCUT2D eigenvalue weighted by Gasteiger charge is -2.11. The Morgan fingerprint density at radius 1 is 1.24 bits per heavy atom. The standard InChI is InChI=1S/C18H21N3O2S.ClH/c1-3-24-11-5-10-23-16-12-13(22-2)7-8-14(16)17-20-15-6-4-9-19-18(15)21-17;/h4,6-9,12H,3,5,10-11H2,1-2H3,(H,19,20,21);1H. The minimum absolute atomic E-state index is 0. The molecule has 5 nitrogen and oxygen atoms in total. The largest absolute Gasteiger partial charge is 0.497 e. The molecule has 0 saturated heterocycles. The maximum atomic E-state index is 6.00. The van der Waals surface area contributed by atoms with Crippen LogP contribution in [-0.2, 0) is 0 Å². The van der Waals surface area contributed by atoms with Crippen LogP contribution in [0.25, 0.3) is 22.6 Å². The van der Waals surface area contributed by atoms with Crippen molar-refractivity contribution in [3.8, 4) is 22.9 Å². The first-order valence-corrected chi connectivity index (χ1v) is 9.17. The summed E-state index contributed by atoms with van der Waals surface area (Å²) < 4.78 is 11.3. The zero-order valence-corrected chi connectivity index (χ0v) is 16.0. The van der Waals surface area contributed by atoms with Crippen molar-refractivity contribution in [3.05, 3.63) is 36.5 Å². The van der Waals surface area contributed by atoms with Crippen molar-refractivity contribution in [1.29, 1.82) is 0 Å². The molecule has 3 aromatic rings. The normalized spacial score (nSPS) is 10.5. The Balaban J connectivity index is 0.00000225. The fourth-order valence-corrected chi connectivity index (χ4v) is 3.02. The van der Waals surface area contributed by atoms with E-state index in [0.717, 1.165) is 46.3 Å². The lowest BCUT2D eigenvalue weighted by molar-refractivity contribution is 0.317. The van der Waals surface area contributed by atoms with Gasteiger partial charge in [-0.3, -0.25) is 0 Å². The van der Waals surface area contributed by atoms with E-state index in [9.17, 15) is 0 Å². The maximum Gasteiger partial charge on any atom is 0.178 e. The molecule has 3 rings (SSSR count). The van der Waals surface area contributed by atoms with Crippen LogP contribution in [0.5, 0.6) is 11.5 Å². The van der Waals surface area contributed by atoms with Crippen molar-refractivity contribution in [2.45, 2.75) is 13.3 Å². The molecule has 0 spiro atoms. The molecule has 0 radical (unpaired) electrons. The highest BCUT2D eigenvalue weighted by molar-refractivity contribution is 7.99. The van der Waals surface area contributed by atoms with Gasteiger partial charge in [0, 0.05) is 12.3 Å². The molecule has 0 fully saturated rings. The van der Waals surface area contributed by atoms with E-state index in [4.69, 9.17) is 9.47 Å². The van der Waals surface area contributed by atoms with Crippen molar-refractivity contribution >= 4 is 35.3 Å².